The Bertz CT molecular complexity index is 580. The Morgan fingerprint density at radius 3 is 2.00 bits per heavy atom. The van der Waals surface area contributed by atoms with Crippen molar-refractivity contribution >= 4 is 11.9 Å². The minimum Gasteiger partial charge on any atom is -0.462 e. The number of esters is 2. The van der Waals surface area contributed by atoms with Crippen LogP contribution >= 0.6 is 0 Å². The second-order valence-corrected chi connectivity index (χ2v) is 7.99. The first-order chi connectivity index (χ1) is 13.5. The fourth-order valence-corrected chi connectivity index (χ4v) is 3.01. The summed E-state index contributed by atoms with van der Waals surface area (Å²) in [6, 6.07) is 6.73. The second-order valence-electron chi connectivity index (χ2n) is 7.99. The topological polar surface area (TPSA) is 52.6 Å². The molecule has 1 rings (SSSR count). The summed E-state index contributed by atoms with van der Waals surface area (Å²) < 4.78 is 10.9. The molecule has 0 aliphatic heterocycles. The maximum Gasteiger partial charge on any atom is 0.339 e. The highest BCUT2D eigenvalue weighted by molar-refractivity contribution is 6.03. The number of ether oxygens (including phenoxy) is 2. The van der Waals surface area contributed by atoms with Crippen LogP contribution in [0.25, 0.3) is 0 Å². The molecule has 0 amide bonds. The van der Waals surface area contributed by atoms with Gasteiger partial charge in [-0.05, 0) is 44.2 Å². The molecule has 1 aromatic carbocycles. The van der Waals surface area contributed by atoms with Crippen molar-refractivity contribution in [2.45, 2.75) is 91.6 Å². The molecule has 0 spiro atoms. The Kier molecular flexibility index (Phi) is 12.3. The van der Waals surface area contributed by atoms with E-state index in [0.717, 1.165) is 25.7 Å². The Hall–Kier alpha value is -1.84. The second kappa shape index (κ2) is 14.2. The molecule has 28 heavy (non-hydrogen) atoms. The first-order valence-corrected chi connectivity index (χ1v) is 10.9. The molecule has 0 radical (unpaired) electrons. The minimum absolute atomic E-state index is 0.174. The average Bonchev–Trinajstić information content (AvgIpc) is 2.68. The summed E-state index contributed by atoms with van der Waals surface area (Å²) in [6.45, 7) is 8.78. The van der Waals surface area contributed by atoms with Gasteiger partial charge in [0.25, 0.3) is 0 Å². The number of rotatable bonds is 14. The first kappa shape index (κ1) is 24.2. The van der Waals surface area contributed by atoms with E-state index in [4.69, 9.17) is 9.47 Å². The highest BCUT2D eigenvalue weighted by Crippen LogP contribution is 2.16. The van der Waals surface area contributed by atoms with Gasteiger partial charge in [0, 0.05) is 0 Å². The van der Waals surface area contributed by atoms with Crippen LogP contribution in [0.1, 0.15) is 106 Å². The molecule has 0 bridgehead atoms. The lowest BCUT2D eigenvalue weighted by molar-refractivity contribution is 0.0302. The summed E-state index contributed by atoms with van der Waals surface area (Å²) >= 11 is 0. The highest BCUT2D eigenvalue weighted by Gasteiger charge is 2.20. The molecule has 0 saturated carbocycles. The molecule has 4 nitrogen and oxygen atoms in total. The number of hydrogen-bond donors (Lipinski definition) is 0. The lowest BCUT2D eigenvalue weighted by atomic mass is 10.1. The molecule has 0 N–H and O–H groups in total. The predicted molar refractivity (Wildman–Crippen MR) is 114 cm³/mol. The maximum atomic E-state index is 12.5. The third-order valence-corrected chi connectivity index (χ3v) is 4.81. The molecular weight excluding hydrogens is 352 g/mol. The number of unbranched alkanes of at least 4 members (excludes halogenated alkanes) is 6. The van der Waals surface area contributed by atoms with Gasteiger partial charge in [-0.2, -0.15) is 0 Å². The largest absolute Gasteiger partial charge is 0.462 e. The quantitative estimate of drug-likeness (QED) is 0.266. The highest BCUT2D eigenvalue weighted by atomic mass is 16.5. The Morgan fingerprint density at radius 2 is 1.39 bits per heavy atom. The van der Waals surface area contributed by atoms with E-state index in [1.54, 1.807) is 24.3 Å². The zero-order valence-electron chi connectivity index (χ0n) is 18.2. The van der Waals surface area contributed by atoms with E-state index >= 15 is 0 Å². The molecule has 0 fully saturated rings. The van der Waals surface area contributed by atoms with E-state index in [1.165, 1.54) is 32.1 Å². The molecule has 1 atom stereocenters. The third kappa shape index (κ3) is 9.91. The minimum atomic E-state index is -0.459. The number of carbonyl (C=O) groups excluding carboxylic acids is 2. The SMILES string of the molecule is CCCCCCCCCOC(=O)c1ccccc1C(=O)OC(C)CCC(C)C. The van der Waals surface area contributed by atoms with Crippen molar-refractivity contribution in [2.75, 3.05) is 6.61 Å². The third-order valence-electron chi connectivity index (χ3n) is 4.81. The fourth-order valence-electron chi connectivity index (χ4n) is 3.01. The van der Waals surface area contributed by atoms with Crippen LogP contribution in [0.3, 0.4) is 0 Å². The van der Waals surface area contributed by atoms with Gasteiger partial charge in [-0.25, -0.2) is 9.59 Å². The van der Waals surface area contributed by atoms with Gasteiger partial charge in [0.1, 0.15) is 0 Å². The lowest BCUT2D eigenvalue weighted by Gasteiger charge is -2.15. The van der Waals surface area contributed by atoms with Crippen molar-refractivity contribution < 1.29 is 19.1 Å². The van der Waals surface area contributed by atoms with Gasteiger partial charge in [0.05, 0.1) is 23.8 Å². The van der Waals surface area contributed by atoms with Gasteiger partial charge < -0.3 is 9.47 Å². The summed E-state index contributed by atoms with van der Waals surface area (Å²) in [5, 5.41) is 0. The number of carbonyl (C=O) groups is 2. The van der Waals surface area contributed by atoms with Gasteiger partial charge >= 0.3 is 11.9 Å². The van der Waals surface area contributed by atoms with Crippen molar-refractivity contribution in [3.8, 4) is 0 Å². The molecule has 158 valence electrons. The molecule has 1 unspecified atom stereocenters. The standard InChI is InChI=1S/C24H38O4/c1-5-6-7-8-9-10-13-18-27-23(25)21-14-11-12-15-22(21)24(26)28-20(4)17-16-19(2)3/h11-12,14-15,19-20H,5-10,13,16-18H2,1-4H3. The molecule has 4 heteroatoms. The molecule has 0 aliphatic rings. The summed E-state index contributed by atoms with van der Waals surface area (Å²) in [5.41, 5.74) is 0.565. The number of hydrogen-bond acceptors (Lipinski definition) is 4. The van der Waals surface area contributed by atoms with Crippen molar-refractivity contribution in [1.29, 1.82) is 0 Å². The van der Waals surface area contributed by atoms with Gasteiger partial charge in [-0.3, -0.25) is 0 Å². The molecule has 1 aromatic rings. The zero-order chi connectivity index (χ0) is 20.8. The monoisotopic (exact) mass is 390 g/mol. The maximum absolute atomic E-state index is 12.5. The molecular formula is C24H38O4. The van der Waals surface area contributed by atoms with Crippen LogP contribution in [-0.4, -0.2) is 24.6 Å². The van der Waals surface area contributed by atoms with E-state index in [1.807, 2.05) is 6.92 Å². The predicted octanol–water partition coefficient (Wildman–Crippen LogP) is 6.58. The van der Waals surface area contributed by atoms with Crippen molar-refractivity contribution in [2.24, 2.45) is 5.92 Å². The van der Waals surface area contributed by atoms with Gasteiger partial charge in [0.15, 0.2) is 0 Å². The van der Waals surface area contributed by atoms with Gasteiger partial charge in [0.2, 0.25) is 0 Å². The lowest BCUT2D eigenvalue weighted by Crippen LogP contribution is -2.19. The summed E-state index contributed by atoms with van der Waals surface area (Å²) in [5.74, 6) is -0.344. The van der Waals surface area contributed by atoms with E-state index in [0.29, 0.717) is 12.5 Å². The molecule has 0 heterocycles. The van der Waals surface area contributed by atoms with Crippen molar-refractivity contribution in [3.63, 3.8) is 0 Å². The van der Waals surface area contributed by atoms with E-state index in [9.17, 15) is 9.59 Å². The average molecular weight is 391 g/mol. The zero-order valence-corrected chi connectivity index (χ0v) is 18.2. The molecule has 0 saturated heterocycles. The molecule has 0 aliphatic carbocycles. The van der Waals surface area contributed by atoms with E-state index < -0.39 is 11.9 Å². The van der Waals surface area contributed by atoms with Crippen LogP contribution in [-0.2, 0) is 9.47 Å². The van der Waals surface area contributed by atoms with Crippen LogP contribution in [0.4, 0.5) is 0 Å². The smallest absolute Gasteiger partial charge is 0.339 e. The van der Waals surface area contributed by atoms with Crippen LogP contribution in [0.15, 0.2) is 24.3 Å². The van der Waals surface area contributed by atoms with E-state index in [2.05, 4.69) is 20.8 Å². The van der Waals surface area contributed by atoms with Crippen LogP contribution < -0.4 is 0 Å². The van der Waals surface area contributed by atoms with Crippen LogP contribution in [0.5, 0.6) is 0 Å². The van der Waals surface area contributed by atoms with Crippen molar-refractivity contribution in [3.05, 3.63) is 35.4 Å². The summed E-state index contributed by atoms with van der Waals surface area (Å²) in [4.78, 5) is 24.9. The normalized spacial score (nSPS) is 12.0. The first-order valence-electron chi connectivity index (χ1n) is 10.9. The Morgan fingerprint density at radius 1 is 0.821 bits per heavy atom. The van der Waals surface area contributed by atoms with Crippen LogP contribution in [0.2, 0.25) is 0 Å². The van der Waals surface area contributed by atoms with Gasteiger partial charge in [-0.15, -0.1) is 0 Å². The van der Waals surface area contributed by atoms with Crippen molar-refractivity contribution in [1.82, 2.24) is 0 Å². The Labute approximate surface area is 171 Å². The number of benzene rings is 1. The van der Waals surface area contributed by atoms with Gasteiger partial charge in [-0.1, -0.05) is 71.4 Å². The molecule has 0 aromatic heterocycles. The summed E-state index contributed by atoms with van der Waals surface area (Å²) in [6.07, 6.45) is 9.79. The van der Waals surface area contributed by atoms with E-state index in [-0.39, 0.29) is 17.2 Å². The Balaban J connectivity index is 2.46. The van der Waals surface area contributed by atoms with Crippen LogP contribution in [0, 0.1) is 5.92 Å². The fraction of sp³-hybridized carbons (Fsp3) is 0.667. The summed E-state index contributed by atoms with van der Waals surface area (Å²) in [7, 11) is 0.